The highest BCUT2D eigenvalue weighted by Gasteiger charge is 2.39. The maximum absolute atomic E-state index is 13.3. The first-order valence-electron chi connectivity index (χ1n) is 9.42. The van der Waals surface area contributed by atoms with Crippen LogP contribution in [0.5, 0.6) is 0 Å². The number of esters is 2. The summed E-state index contributed by atoms with van der Waals surface area (Å²) in [5.41, 5.74) is 7.15. The van der Waals surface area contributed by atoms with E-state index < -0.39 is 23.4 Å². The second kappa shape index (κ2) is 8.60. The van der Waals surface area contributed by atoms with Crippen molar-refractivity contribution in [1.82, 2.24) is 14.5 Å². The van der Waals surface area contributed by atoms with E-state index in [0.29, 0.717) is 15.7 Å². The van der Waals surface area contributed by atoms with Crippen LogP contribution in [0.3, 0.4) is 0 Å². The Labute approximate surface area is 185 Å². The third-order valence-corrected chi connectivity index (χ3v) is 6.07. The first-order valence-corrected chi connectivity index (χ1v) is 10.2. The lowest BCUT2D eigenvalue weighted by molar-refractivity contribution is -0.136. The van der Waals surface area contributed by atoms with Crippen molar-refractivity contribution < 1.29 is 19.1 Å². The van der Waals surface area contributed by atoms with Crippen molar-refractivity contribution in [2.75, 3.05) is 14.2 Å². The number of nitrogens with two attached hydrogens (primary N) is 1. The van der Waals surface area contributed by atoms with Crippen LogP contribution in [0.15, 0.2) is 59.4 Å². The molecular formula is C22H18N4O5S. The number of fused-ring (bicyclic) bond motifs is 1. The van der Waals surface area contributed by atoms with Crippen LogP contribution in [-0.4, -0.2) is 40.7 Å². The Morgan fingerprint density at radius 1 is 1.06 bits per heavy atom. The van der Waals surface area contributed by atoms with Crippen LogP contribution in [0.1, 0.15) is 17.0 Å². The molecule has 3 aromatic heterocycles. The van der Waals surface area contributed by atoms with Gasteiger partial charge >= 0.3 is 11.9 Å². The van der Waals surface area contributed by atoms with Gasteiger partial charge in [-0.05, 0) is 29.3 Å². The van der Waals surface area contributed by atoms with Crippen LogP contribution < -0.4 is 20.5 Å². The number of methoxy groups -OCH3 is 2. The van der Waals surface area contributed by atoms with Crippen LogP contribution in [0.2, 0.25) is 0 Å². The second-order valence-electron chi connectivity index (χ2n) is 6.76. The lowest BCUT2D eigenvalue weighted by Gasteiger charge is -2.26. The fourth-order valence-electron chi connectivity index (χ4n) is 3.56. The number of hydrogen-bond donors (Lipinski definition) is 1. The largest absolute Gasteiger partial charge is 0.466 e. The molecule has 162 valence electrons. The van der Waals surface area contributed by atoms with Gasteiger partial charge in [0.1, 0.15) is 10.5 Å². The molecule has 3 aromatic rings. The standard InChI is InChI=1S/C22H18N4O5S/c1-30-21(28)16-15(13-6-4-8-25-11-13)17(22(29)31-2)20-26(18(16)23)19(27)14(32-20)9-12-5-3-7-24-10-12/h3-11,15H,23H2,1-2H3/b14-9-/t15-/m1/s1. The van der Waals surface area contributed by atoms with Crippen LogP contribution in [0, 0.1) is 0 Å². The van der Waals surface area contributed by atoms with Crippen molar-refractivity contribution in [2.24, 2.45) is 5.73 Å². The monoisotopic (exact) mass is 450 g/mol. The van der Waals surface area contributed by atoms with Crippen LogP contribution >= 0.6 is 11.3 Å². The molecule has 0 saturated heterocycles. The minimum atomic E-state index is -0.923. The fourth-order valence-corrected chi connectivity index (χ4v) is 4.72. The van der Waals surface area contributed by atoms with E-state index in [1.54, 1.807) is 48.9 Å². The zero-order valence-corrected chi connectivity index (χ0v) is 18.0. The van der Waals surface area contributed by atoms with E-state index in [9.17, 15) is 14.4 Å². The molecule has 2 N–H and O–H groups in total. The van der Waals surface area contributed by atoms with Gasteiger partial charge in [0, 0.05) is 24.8 Å². The van der Waals surface area contributed by atoms with E-state index in [1.165, 1.54) is 20.4 Å². The van der Waals surface area contributed by atoms with Gasteiger partial charge in [-0.2, -0.15) is 0 Å². The molecule has 10 heteroatoms. The Bertz CT molecular complexity index is 1410. The van der Waals surface area contributed by atoms with Crippen LogP contribution in [0.25, 0.3) is 17.5 Å². The number of nitrogens with zero attached hydrogens (tertiary/aromatic N) is 3. The van der Waals surface area contributed by atoms with Crippen molar-refractivity contribution >= 4 is 40.7 Å². The number of aromatic nitrogens is 3. The molecule has 0 spiro atoms. The van der Waals surface area contributed by atoms with Crippen LogP contribution in [-0.2, 0) is 19.1 Å². The topological polar surface area (TPSA) is 126 Å². The molecule has 4 heterocycles. The van der Waals surface area contributed by atoms with Gasteiger partial charge in [0.2, 0.25) is 0 Å². The molecule has 0 saturated carbocycles. The van der Waals surface area contributed by atoms with Gasteiger partial charge in [0.15, 0.2) is 0 Å². The van der Waals surface area contributed by atoms with Gasteiger partial charge in [-0.1, -0.05) is 12.1 Å². The number of ether oxygens (including phenoxy) is 2. The SMILES string of the molecule is COC(=O)C1=C(N)n2c(s/c(=C\c3cccnc3)c2=O)=C(C(=O)OC)[C@@H]1c1cccnc1. The molecule has 0 bridgehead atoms. The maximum Gasteiger partial charge on any atom is 0.338 e. The summed E-state index contributed by atoms with van der Waals surface area (Å²) < 4.78 is 11.7. The molecule has 0 aromatic carbocycles. The summed E-state index contributed by atoms with van der Waals surface area (Å²) in [6.07, 6.45) is 7.95. The molecule has 0 amide bonds. The normalized spacial score (nSPS) is 16.0. The van der Waals surface area contributed by atoms with Gasteiger partial charge in [-0.3, -0.25) is 19.3 Å². The first kappa shape index (κ1) is 21.2. The zero-order chi connectivity index (χ0) is 22.8. The summed E-state index contributed by atoms with van der Waals surface area (Å²) in [4.78, 5) is 47.1. The summed E-state index contributed by atoms with van der Waals surface area (Å²) in [5.74, 6) is -2.50. The Balaban J connectivity index is 2.14. The second-order valence-corrected chi connectivity index (χ2v) is 7.79. The Morgan fingerprint density at radius 2 is 1.72 bits per heavy atom. The molecule has 0 aliphatic carbocycles. The number of carbonyl (C=O) groups is 2. The van der Waals surface area contributed by atoms with Crippen molar-refractivity contribution in [2.45, 2.75) is 5.92 Å². The molecule has 0 radical (unpaired) electrons. The summed E-state index contributed by atoms with van der Waals surface area (Å²) >= 11 is 1.07. The minimum Gasteiger partial charge on any atom is -0.466 e. The predicted octanol–water partition coefficient (Wildman–Crippen LogP) is -0.0500. The number of carbonyl (C=O) groups excluding carboxylic acids is 2. The van der Waals surface area contributed by atoms with Gasteiger partial charge in [-0.25, -0.2) is 9.59 Å². The van der Waals surface area contributed by atoms with E-state index in [2.05, 4.69) is 9.97 Å². The van der Waals surface area contributed by atoms with E-state index >= 15 is 0 Å². The summed E-state index contributed by atoms with van der Waals surface area (Å²) in [7, 11) is 2.43. The average molecular weight is 450 g/mol. The smallest absolute Gasteiger partial charge is 0.338 e. The zero-order valence-electron chi connectivity index (χ0n) is 17.1. The van der Waals surface area contributed by atoms with Crippen molar-refractivity contribution in [3.05, 3.63) is 85.3 Å². The van der Waals surface area contributed by atoms with Gasteiger partial charge in [-0.15, -0.1) is 11.3 Å². The van der Waals surface area contributed by atoms with E-state index in [4.69, 9.17) is 15.2 Å². The highest BCUT2D eigenvalue weighted by molar-refractivity contribution is 7.07. The molecule has 1 atom stereocenters. The van der Waals surface area contributed by atoms with E-state index in [0.717, 1.165) is 15.9 Å². The Kier molecular flexibility index (Phi) is 5.69. The Morgan fingerprint density at radius 3 is 2.31 bits per heavy atom. The summed E-state index contributed by atoms with van der Waals surface area (Å²) in [5, 5.41) is 0. The summed E-state index contributed by atoms with van der Waals surface area (Å²) in [6.45, 7) is 0. The number of hydrogen-bond acceptors (Lipinski definition) is 9. The van der Waals surface area contributed by atoms with Crippen molar-refractivity contribution in [1.29, 1.82) is 0 Å². The fraction of sp³-hybridized carbons (Fsp3) is 0.136. The molecule has 9 nitrogen and oxygen atoms in total. The molecule has 32 heavy (non-hydrogen) atoms. The molecule has 4 rings (SSSR count). The number of rotatable bonds is 4. The molecular weight excluding hydrogens is 432 g/mol. The highest BCUT2D eigenvalue weighted by Crippen LogP contribution is 2.37. The molecule has 0 unspecified atom stereocenters. The maximum atomic E-state index is 13.3. The van der Waals surface area contributed by atoms with Crippen molar-refractivity contribution in [3.63, 3.8) is 0 Å². The molecule has 0 fully saturated rings. The highest BCUT2D eigenvalue weighted by atomic mass is 32.1. The van der Waals surface area contributed by atoms with Crippen molar-refractivity contribution in [3.8, 4) is 0 Å². The predicted molar refractivity (Wildman–Crippen MR) is 117 cm³/mol. The summed E-state index contributed by atoms with van der Waals surface area (Å²) in [6, 6.07) is 6.91. The quantitative estimate of drug-likeness (QED) is 0.549. The Hall–Kier alpha value is -4.05. The van der Waals surface area contributed by atoms with Gasteiger partial charge in [0.05, 0.1) is 35.8 Å². The lowest BCUT2D eigenvalue weighted by atomic mass is 9.84. The minimum absolute atomic E-state index is 0.0405. The number of thiazole rings is 1. The van der Waals surface area contributed by atoms with Crippen LogP contribution in [0.4, 0.5) is 0 Å². The van der Waals surface area contributed by atoms with Gasteiger partial charge < -0.3 is 15.2 Å². The number of pyridine rings is 2. The van der Waals surface area contributed by atoms with Gasteiger partial charge in [0.25, 0.3) is 5.56 Å². The molecule has 1 aliphatic heterocycles. The third-order valence-electron chi connectivity index (χ3n) is 4.96. The first-order chi connectivity index (χ1) is 15.5. The third kappa shape index (κ3) is 3.50. The average Bonchev–Trinajstić information content (AvgIpc) is 3.15. The van der Waals surface area contributed by atoms with E-state index in [1.807, 2.05) is 0 Å². The molecule has 1 aliphatic rings. The van der Waals surface area contributed by atoms with E-state index in [-0.39, 0.29) is 21.6 Å². The lowest BCUT2D eigenvalue weighted by Crippen LogP contribution is -2.41.